The first-order chi connectivity index (χ1) is 13.1. The van der Waals surface area contributed by atoms with Gasteiger partial charge in [0.15, 0.2) is 0 Å². The van der Waals surface area contributed by atoms with Gasteiger partial charge < -0.3 is 19.3 Å². The highest BCUT2D eigenvalue weighted by Crippen LogP contribution is 2.43. The van der Waals surface area contributed by atoms with E-state index in [0.29, 0.717) is 24.0 Å². The Morgan fingerprint density at radius 2 is 2.00 bits per heavy atom. The number of fused-ring (bicyclic) bond motifs is 1. The molecular weight excluding hydrogens is 368 g/mol. The van der Waals surface area contributed by atoms with E-state index in [1.807, 2.05) is 25.1 Å². The molecule has 1 atom stereocenters. The quantitative estimate of drug-likeness (QED) is 0.715. The van der Waals surface area contributed by atoms with Crippen LogP contribution in [-0.4, -0.2) is 65.1 Å². The standard InChI is InChI=1S/C18H22N4O4S/c1-11-19-18-22(20-11)17(23)16(27-18)15(21-6-8-26-9-7-21)13-10-12(24-2)4-5-14(13)25-3/h4-5,10,15,23H,6-9H2,1-3H3/t15-/m0/s1. The Morgan fingerprint density at radius 3 is 2.67 bits per heavy atom. The van der Waals surface area contributed by atoms with Crippen LogP contribution in [0, 0.1) is 6.92 Å². The molecule has 0 saturated carbocycles. The van der Waals surface area contributed by atoms with Crippen LogP contribution in [-0.2, 0) is 4.74 Å². The highest BCUT2D eigenvalue weighted by molar-refractivity contribution is 7.17. The number of rotatable bonds is 5. The lowest BCUT2D eigenvalue weighted by Crippen LogP contribution is -2.39. The average molecular weight is 390 g/mol. The first kappa shape index (κ1) is 18.0. The summed E-state index contributed by atoms with van der Waals surface area (Å²) < 4.78 is 18.1. The van der Waals surface area contributed by atoms with Gasteiger partial charge in [-0.15, -0.1) is 5.10 Å². The molecule has 144 valence electrons. The summed E-state index contributed by atoms with van der Waals surface area (Å²) in [6, 6.07) is 5.50. The minimum absolute atomic E-state index is 0.108. The van der Waals surface area contributed by atoms with Crippen LogP contribution in [0.15, 0.2) is 18.2 Å². The molecule has 27 heavy (non-hydrogen) atoms. The summed E-state index contributed by atoms with van der Waals surface area (Å²) >= 11 is 1.43. The molecule has 1 N–H and O–H groups in total. The molecule has 0 aliphatic carbocycles. The lowest BCUT2D eigenvalue weighted by molar-refractivity contribution is 0.0237. The zero-order valence-electron chi connectivity index (χ0n) is 15.5. The second-order valence-electron chi connectivity index (χ2n) is 6.30. The van der Waals surface area contributed by atoms with Gasteiger partial charge in [0.25, 0.3) is 0 Å². The van der Waals surface area contributed by atoms with Crippen molar-refractivity contribution in [1.29, 1.82) is 0 Å². The van der Waals surface area contributed by atoms with E-state index in [-0.39, 0.29) is 11.9 Å². The number of aromatic hydroxyl groups is 1. The number of hydrogen-bond donors (Lipinski definition) is 1. The number of aromatic nitrogens is 3. The fourth-order valence-electron chi connectivity index (χ4n) is 3.42. The number of ether oxygens (including phenoxy) is 3. The van der Waals surface area contributed by atoms with E-state index in [1.54, 1.807) is 14.2 Å². The normalized spacial score (nSPS) is 16.6. The molecule has 3 aromatic rings. The van der Waals surface area contributed by atoms with Crippen LogP contribution in [0.4, 0.5) is 0 Å². The summed E-state index contributed by atoms with van der Waals surface area (Å²) in [5.41, 5.74) is 0.926. The molecule has 0 unspecified atom stereocenters. The van der Waals surface area contributed by atoms with Crippen molar-refractivity contribution in [3.8, 4) is 17.4 Å². The van der Waals surface area contributed by atoms with Gasteiger partial charge in [-0.05, 0) is 25.1 Å². The number of thiazole rings is 1. The summed E-state index contributed by atoms with van der Waals surface area (Å²) in [7, 11) is 3.28. The predicted molar refractivity (Wildman–Crippen MR) is 101 cm³/mol. The Bertz CT molecular complexity index is 948. The summed E-state index contributed by atoms with van der Waals surface area (Å²) in [4.78, 5) is 8.12. The van der Waals surface area contributed by atoms with Crippen LogP contribution < -0.4 is 9.47 Å². The van der Waals surface area contributed by atoms with Crippen LogP contribution >= 0.6 is 11.3 Å². The number of methoxy groups -OCH3 is 2. The molecule has 8 nitrogen and oxygen atoms in total. The number of aryl methyl sites for hydroxylation is 1. The van der Waals surface area contributed by atoms with Crippen LogP contribution in [0.25, 0.3) is 4.96 Å². The van der Waals surface area contributed by atoms with Gasteiger partial charge >= 0.3 is 0 Å². The maximum absolute atomic E-state index is 10.9. The molecule has 1 fully saturated rings. The molecule has 1 aliphatic heterocycles. The fraction of sp³-hybridized carbons (Fsp3) is 0.444. The van der Waals surface area contributed by atoms with Gasteiger partial charge in [0.1, 0.15) is 17.3 Å². The molecule has 3 heterocycles. The number of morpholine rings is 1. The van der Waals surface area contributed by atoms with Crippen LogP contribution in [0.1, 0.15) is 22.3 Å². The van der Waals surface area contributed by atoms with Crippen molar-refractivity contribution in [2.45, 2.75) is 13.0 Å². The van der Waals surface area contributed by atoms with E-state index in [4.69, 9.17) is 14.2 Å². The number of nitrogens with zero attached hydrogens (tertiary/aromatic N) is 4. The average Bonchev–Trinajstić information content (AvgIpc) is 3.20. The monoisotopic (exact) mass is 390 g/mol. The topological polar surface area (TPSA) is 81.4 Å². The van der Waals surface area contributed by atoms with Crippen LogP contribution in [0.3, 0.4) is 0 Å². The summed E-state index contributed by atoms with van der Waals surface area (Å²) in [6.07, 6.45) is 0. The minimum atomic E-state index is -0.215. The lowest BCUT2D eigenvalue weighted by atomic mass is 10.0. The maximum atomic E-state index is 10.9. The Kier molecular flexibility index (Phi) is 4.90. The lowest BCUT2D eigenvalue weighted by Gasteiger charge is -2.34. The van der Waals surface area contributed by atoms with E-state index in [0.717, 1.165) is 35.0 Å². The maximum Gasteiger partial charge on any atom is 0.230 e. The highest BCUT2D eigenvalue weighted by atomic mass is 32.1. The minimum Gasteiger partial charge on any atom is -0.497 e. The first-order valence-electron chi connectivity index (χ1n) is 8.71. The Hall–Kier alpha value is -2.36. The summed E-state index contributed by atoms with van der Waals surface area (Å²) in [5.74, 6) is 2.21. The molecular formula is C18H22N4O4S. The van der Waals surface area contributed by atoms with Gasteiger partial charge in [-0.2, -0.15) is 4.52 Å². The third-order valence-electron chi connectivity index (χ3n) is 4.70. The second-order valence-corrected chi connectivity index (χ2v) is 7.31. The van der Waals surface area contributed by atoms with Crippen molar-refractivity contribution in [2.24, 2.45) is 0 Å². The number of benzene rings is 1. The van der Waals surface area contributed by atoms with Crippen molar-refractivity contribution in [3.63, 3.8) is 0 Å². The molecule has 1 aliphatic rings. The van der Waals surface area contributed by atoms with Crippen molar-refractivity contribution in [1.82, 2.24) is 19.5 Å². The molecule has 0 radical (unpaired) electrons. The van der Waals surface area contributed by atoms with E-state index in [9.17, 15) is 5.11 Å². The van der Waals surface area contributed by atoms with Gasteiger partial charge in [0.05, 0.1) is 38.4 Å². The van der Waals surface area contributed by atoms with E-state index in [2.05, 4.69) is 15.0 Å². The van der Waals surface area contributed by atoms with E-state index >= 15 is 0 Å². The second kappa shape index (κ2) is 7.34. The van der Waals surface area contributed by atoms with Gasteiger partial charge in [-0.1, -0.05) is 11.3 Å². The predicted octanol–water partition coefficient (Wildman–Crippen LogP) is 2.24. The Morgan fingerprint density at radius 1 is 1.22 bits per heavy atom. The number of hydrogen-bond acceptors (Lipinski definition) is 8. The zero-order valence-corrected chi connectivity index (χ0v) is 16.3. The summed E-state index contributed by atoms with van der Waals surface area (Å²) in [5, 5.41) is 15.2. The molecule has 2 aromatic heterocycles. The zero-order chi connectivity index (χ0) is 19.0. The largest absolute Gasteiger partial charge is 0.497 e. The van der Waals surface area contributed by atoms with Crippen molar-refractivity contribution in [2.75, 3.05) is 40.5 Å². The van der Waals surface area contributed by atoms with Crippen LogP contribution in [0.5, 0.6) is 17.4 Å². The third kappa shape index (κ3) is 3.22. The van der Waals surface area contributed by atoms with E-state index < -0.39 is 0 Å². The molecule has 0 spiro atoms. The van der Waals surface area contributed by atoms with Crippen molar-refractivity contribution in [3.05, 3.63) is 34.5 Å². The van der Waals surface area contributed by atoms with Crippen LogP contribution in [0.2, 0.25) is 0 Å². The molecule has 9 heteroatoms. The summed E-state index contributed by atoms with van der Waals surface area (Å²) in [6.45, 7) is 4.59. The highest BCUT2D eigenvalue weighted by Gasteiger charge is 2.32. The smallest absolute Gasteiger partial charge is 0.230 e. The SMILES string of the molecule is COc1ccc(OC)c([C@@H](c2sc3nc(C)nn3c2O)N2CCOCC2)c1. The van der Waals surface area contributed by atoms with E-state index in [1.165, 1.54) is 15.9 Å². The molecule has 4 rings (SSSR count). The Balaban J connectivity index is 1.89. The molecule has 1 aromatic carbocycles. The third-order valence-corrected chi connectivity index (χ3v) is 5.77. The molecule has 0 amide bonds. The molecule has 1 saturated heterocycles. The van der Waals surface area contributed by atoms with Gasteiger partial charge in [-0.3, -0.25) is 4.90 Å². The van der Waals surface area contributed by atoms with Crippen molar-refractivity contribution >= 4 is 16.3 Å². The fourth-order valence-corrected chi connectivity index (χ4v) is 4.57. The van der Waals surface area contributed by atoms with Gasteiger partial charge in [-0.25, -0.2) is 4.98 Å². The van der Waals surface area contributed by atoms with Gasteiger partial charge in [0.2, 0.25) is 10.8 Å². The molecule has 0 bridgehead atoms. The van der Waals surface area contributed by atoms with Crippen molar-refractivity contribution < 1.29 is 19.3 Å². The first-order valence-corrected chi connectivity index (χ1v) is 9.52. The Labute approximate surface area is 160 Å². The van der Waals surface area contributed by atoms with Gasteiger partial charge in [0, 0.05) is 18.7 Å².